The van der Waals surface area contributed by atoms with Gasteiger partial charge in [0.25, 0.3) is 23.4 Å². The number of aryl methyl sites for hydroxylation is 1. The molecule has 0 N–H and O–H groups in total. The van der Waals surface area contributed by atoms with Crippen LogP contribution >= 0.6 is 11.6 Å². The number of nitro benzene ring substituents is 1. The molecule has 34 heavy (non-hydrogen) atoms. The fourth-order valence-corrected chi connectivity index (χ4v) is 4.60. The summed E-state index contributed by atoms with van der Waals surface area (Å²) in [4.78, 5) is 52.6. The van der Waals surface area contributed by atoms with E-state index in [0.717, 1.165) is 16.5 Å². The Kier molecular flexibility index (Phi) is 4.94. The second-order valence-electron chi connectivity index (χ2n) is 8.02. The molecule has 2 aliphatic heterocycles. The Morgan fingerprint density at radius 3 is 2.29 bits per heavy atom. The van der Waals surface area contributed by atoms with E-state index in [-0.39, 0.29) is 11.1 Å². The lowest BCUT2D eigenvalue weighted by atomic mass is 9.86. The van der Waals surface area contributed by atoms with E-state index in [2.05, 4.69) is 0 Å². The molecule has 5 rings (SSSR count). The van der Waals surface area contributed by atoms with Crippen molar-refractivity contribution in [3.63, 3.8) is 0 Å². The molecule has 0 bridgehead atoms. The molecular weight excluding hydrogens is 465 g/mol. The first-order chi connectivity index (χ1) is 16.2. The Morgan fingerprint density at radius 1 is 0.941 bits per heavy atom. The van der Waals surface area contributed by atoms with Gasteiger partial charge in [-0.25, -0.2) is 4.39 Å². The first-order valence-corrected chi connectivity index (χ1v) is 10.6. The van der Waals surface area contributed by atoms with Crippen molar-refractivity contribution in [2.75, 3.05) is 4.90 Å². The van der Waals surface area contributed by atoms with E-state index < -0.39 is 46.2 Å². The number of imide groups is 1. The molecule has 3 amide bonds. The Bertz CT molecular complexity index is 1410. The van der Waals surface area contributed by atoms with Crippen molar-refractivity contribution < 1.29 is 23.7 Å². The van der Waals surface area contributed by atoms with E-state index in [9.17, 15) is 28.9 Å². The standard InChI is InChI=1S/C24H15ClFN3O5/c1-12-5-10-15(11-17(12)25)27-20(13-6-8-14(26)9-7-13)21(24(27)32)28-22(30)16-3-2-4-18(29(33)34)19(16)23(28)31/h2-11,20-21H,1H3. The maximum Gasteiger partial charge on any atom is 0.282 e. The fraction of sp³-hybridized carbons (Fsp3) is 0.125. The summed E-state index contributed by atoms with van der Waals surface area (Å²) in [6.45, 7) is 1.80. The lowest BCUT2D eigenvalue weighted by Crippen LogP contribution is -2.67. The van der Waals surface area contributed by atoms with Gasteiger partial charge >= 0.3 is 0 Å². The monoisotopic (exact) mass is 479 g/mol. The van der Waals surface area contributed by atoms with Gasteiger partial charge in [-0.3, -0.25) is 29.4 Å². The number of halogens is 2. The van der Waals surface area contributed by atoms with Crippen LogP contribution in [0.1, 0.15) is 37.9 Å². The minimum Gasteiger partial charge on any atom is -0.300 e. The van der Waals surface area contributed by atoms with Crippen molar-refractivity contribution in [2.45, 2.75) is 19.0 Å². The van der Waals surface area contributed by atoms with Crippen molar-refractivity contribution >= 4 is 40.7 Å². The number of hydrogen-bond acceptors (Lipinski definition) is 5. The number of nitro groups is 1. The molecule has 2 atom stereocenters. The van der Waals surface area contributed by atoms with Gasteiger partial charge in [-0.2, -0.15) is 0 Å². The zero-order valence-electron chi connectivity index (χ0n) is 17.6. The van der Waals surface area contributed by atoms with Crippen LogP contribution in [0.5, 0.6) is 0 Å². The quantitative estimate of drug-likeness (QED) is 0.238. The van der Waals surface area contributed by atoms with Crippen LogP contribution in [0.25, 0.3) is 0 Å². The average Bonchev–Trinajstić information content (AvgIpc) is 3.05. The Balaban J connectivity index is 1.61. The highest BCUT2D eigenvalue weighted by Crippen LogP contribution is 2.45. The lowest BCUT2D eigenvalue weighted by Gasteiger charge is -2.49. The third-order valence-corrected chi connectivity index (χ3v) is 6.52. The fourth-order valence-electron chi connectivity index (χ4n) is 4.43. The number of benzene rings is 3. The van der Waals surface area contributed by atoms with E-state index >= 15 is 0 Å². The van der Waals surface area contributed by atoms with Gasteiger partial charge in [-0.05, 0) is 48.4 Å². The highest BCUT2D eigenvalue weighted by Gasteiger charge is 2.58. The van der Waals surface area contributed by atoms with E-state index in [1.54, 1.807) is 25.1 Å². The van der Waals surface area contributed by atoms with Gasteiger partial charge in [0.05, 0.1) is 16.5 Å². The van der Waals surface area contributed by atoms with E-state index in [1.165, 1.54) is 41.3 Å². The first-order valence-electron chi connectivity index (χ1n) is 10.2. The van der Waals surface area contributed by atoms with Crippen LogP contribution in [0.15, 0.2) is 60.7 Å². The maximum atomic E-state index is 13.6. The molecule has 170 valence electrons. The van der Waals surface area contributed by atoms with E-state index in [0.29, 0.717) is 16.3 Å². The summed E-state index contributed by atoms with van der Waals surface area (Å²) in [6.07, 6.45) is 0. The molecule has 0 aliphatic carbocycles. The molecule has 3 aromatic rings. The second kappa shape index (κ2) is 7.74. The van der Waals surface area contributed by atoms with Crippen LogP contribution in [-0.2, 0) is 4.79 Å². The topological polar surface area (TPSA) is 101 Å². The molecule has 0 spiro atoms. The van der Waals surface area contributed by atoms with Gasteiger partial charge in [0, 0.05) is 16.8 Å². The Labute approximate surface area is 197 Å². The summed E-state index contributed by atoms with van der Waals surface area (Å²) in [7, 11) is 0. The Hall–Kier alpha value is -4.11. The summed E-state index contributed by atoms with van der Waals surface area (Å²) in [5.74, 6) is -2.77. The van der Waals surface area contributed by atoms with Gasteiger partial charge in [0.1, 0.15) is 17.4 Å². The van der Waals surface area contributed by atoms with Crippen molar-refractivity contribution in [3.8, 4) is 0 Å². The second-order valence-corrected chi connectivity index (χ2v) is 8.43. The average molecular weight is 480 g/mol. The van der Waals surface area contributed by atoms with Crippen molar-refractivity contribution in [1.29, 1.82) is 0 Å². The van der Waals surface area contributed by atoms with Gasteiger partial charge in [-0.15, -0.1) is 0 Å². The number of amides is 3. The molecule has 2 unspecified atom stereocenters. The number of β-lactam (4-membered cyclic amide) rings is 1. The van der Waals surface area contributed by atoms with Gasteiger partial charge in [0.2, 0.25) is 0 Å². The van der Waals surface area contributed by atoms with Crippen molar-refractivity contribution in [1.82, 2.24) is 4.90 Å². The van der Waals surface area contributed by atoms with Crippen molar-refractivity contribution in [2.24, 2.45) is 0 Å². The number of fused-ring (bicyclic) bond motifs is 1. The third-order valence-electron chi connectivity index (χ3n) is 6.11. The SMILES string of the molecule is Cc1ccc(N2C(=O)C(N3C(=O)c4cccc([N+](=O)[O-])c4C3=O)C2c2ccc(F)cc2)cc1Cl. The van der Waals surface area contributed by atoms with Gasteiger partial charge < -0.3 is 4.90 Å². The smallest absolute Gasteiger partial charge is 0.282 e. The molecule has 2 aliphatic rings. The number of carbonyl (C=O) groups is 3. The minimum absolute atomic E-state index is 0.137. The molecule has 0 radical (unpaired) electrons. The van der Waals surface area contributed by atoms with E-state index in [1.807, 2.05) is 0 Å². The zero-order valence-corrected chi connectivity index (χ0v) is 18.3. The van der Waals surface area contributed by atoms with Crippen LogP contribution in [-0.4, -0.2) is 33.6 Å². The summed E-state index contributed by atoms with van der Waals surface area (Å²) in [5, 5.41) is 11.9. The van der Waals surface area contributed by atoms with Crippen LogP contribution in [0.3, 0.4) is 0 Å². The maximum absolute atomic E-state index is 13.6. The lowest BCUT2D eigenvalue weighted by molar-refractivity contribution is -0.385. The molecule has 3 aromatic carbocycles. The van der Waals surface area contributed by atoms with Crippen LogP contribution in [0, 0.1) is 22.9 Å². The molecule has 1 saturated heterocycles. The molecule has 1 fully saturated rings. The predicted octanol–water partition coefficient (Wildman–Crippen LogP) is 4.45. The van der Waals surface area contributed by atoms with Gasteiger partial charge in [0.15, 0.2) is 0 Å². The largest absolute Gasteiger partial charge is 0.300 e. The summed E-state index contributed by atoms with van der Waals surface area (Å²) in [6, 6.07) is 12.0. The number of nitrogens with zero attached hydrogens (tertiary/aromatic N) is 3. The number of rotatable bonds is 4. The third kappa shape index (κ3) is 3.08. The van der Waals surface area contributed by atoms with Crippen LogP contribution in [0.4, 0.5) is 15.8 Å². The van der Waals surface area contributed by atoms with Crippen LogP contribution < -0.4 is 4.90 Å². The van der Waals surface area contributed by atoms with Gasteiger partial charge in [-0.1, -0.05) is 35.9 Å². The Morgan fingerprint density at radius 2 is 1.65 bits per heavy atom. The zero-order chi connectivity index (χ0) is 24.3. The van der Waals surface area contributed by atoms with Crippen LogP contribution in [0.2, 0.25) is 5.02 Å². The van der Waals surface area contributed by atoms with E-state index in [4.69, 9.17) is 11.6 Å². The summed E-state index contributed by atoms with van der Waals surface area (Å²) >= 11 is 6.25. The minimum atomic E-state index is -1.27. The van der Waals surface area contributed by atoms with Crippen molar-refractivity contribution in [3.05, 3.63) is 104 Å². The molecular formula is C24H15ClFN3O5. The molecule has 2 heterocycles. The molecule has 0 saturated carbocycles. The molecule has 8 nitrogen and oxygen atoms in total. The number of hydrogen-bond donors (Lipinski definition) is 0. The highest BCUT2D eigenvalue weighted by molar-refractivity contribution is 6.32. The normalized spacial score (nSPS) is 19.3. The number of carbonyl (C=O) groups excluding carboxylic acids is 3. The predicted molar refractivity (Wildman–Crippen MR) is 120 cm³/mol. The summed E-state index contributed by atoms with van der Waals surface area (Å²) in [5.41, 5.74) is 0.718. The molecule has 0 aromatic heterocycles. The first kappa shape index (κ1) is 21.7. The molecule has 10 heteroatoms. The highest BCUT2D eigenvalue weighted by atomic mass is 35.5. The summed E-state index contributed by atoms with van der Waals surface area (Å²) < 4.78 is 13.6. The number of anilines is 1.